The molecule has 6 heteroatoms. The molecule has 0 saturated heterocycles. The van der Waals surface area contributed by atoms with Crippen LogP contribution in [0.5, 0.6) is 0 Å². The third-order valence-electron chi connectivity index (χ3n) is 2.15. The average Bonchev–Trinajstić information content (AvgIpc) is 2.30. The molecule has 0 bridgehead atoms. The predicted octanol–water partition coefficient (Wildman–Crippen LogP) is 1.54. The van der Waals surface area contributed by atoms with E-state index in [4.69, 9.17) is 5.73 Å². The largest absolute Gasteiger partial charge is 0.375 e. The van der Waals surface area contributed by atoms with Crippen LogP contribution in [0.4, 0.5) is 4.39 Å². The highest BCUT2D eigenvalue weighted by molar-refractivity contribution is 7.80. The van der Waals surface area contributed by atoms with Gasteiger partial charge in [0.1, 0.15) is 5.82 Å². The number of hydrogen-bond acceptors (Lipinski definition) is 3. The van der Waals surface area contributed by atoms with Crippen molar-refractivity contribution in [1.29, 1.82) is 0 Å². The number of rotatable bonds is 2. The Labute approximate surface area is 102 Å². The lowest BCUT2D eigenvalue weighted by atomic mass is 10.1. The quantitative estimate of drug-likeness (QED) is 0.481. The lowest BCUT2D eigenvalue weighted by Crippen LogP contribution is -2.24. The molecule has 0 atom stereocenters. The number of halogens is 1. The second kappa shape index (κ2) is 4.84. The maximum Gasteiger partial charge on any atom is 0.184 e. The van der Waals surface area contributed by atoms with E-state index in [2.05, 4.69) is 27.7 Å². The Morgan fingerprint density at radius 1 is 1.41 bits per heavy atom. The van der Waals surface area contributed by atoms with E-state index >= 15 is 0 Å². The topological polar surface area (TPSA) is 63.3 Å². The number of thiocarbonyl (C=S) groups is 1. The molecule has 2 aromatic rings. The summed E-state index contributed by atoms with van der Waals surface area (Å²) in [5.74, 6) is -0.290. The lowest BCUT2D eigenvalue weighted by molar-refractivity contribution is 0.640. The van der Waals surface area contributed by atoms with Gasteiger partial charge in [-0.25, -0.2) is 4.39 Å². The summed E-state index contributed by atoms with van der Waals surface area (Å²) in [6, 6.07) is 6.41. The zero-order valence-electron chi connectivity index (χ0n) is 8.72. The van der Waals surface area contributed by atoms with Crippen molar-refractivity contribution in [3.8, 4) is 0 Å². The Balaban J connectivity index is 2.44. The summed E-state index contributed by atoms with van der Waals surface area (Å²) in [5.41, 5.74) is 8.18. The molecule has 3 N–H and O–H groups in total. The van der Waals surface area contributed by atoms with Crippen LogP contribution >= 0.6 is 12.2 Å². The molecule has 0 aliphatic carbocycles. The monoisotopic (exact) mass is 248 g/mol. The summed E-state index contributed by atoms with van der Waals surface area (Å²) in [7, 11) is 0. The van der Waals surface area contributed by atoms with Crippen LogP contribution in [-0.2, 0) is 0 Å². The standard InChI is InChI=1S/C11H9FN4S/c12-9-3-1-2-8-7(9)4-5-14-10(8)6-15-16-11(13)17/h1-6H,(H3,13,16,17)/b15-6+. The van der Waals surface area contributed by atoms with Crippen LogP contribution in [0.15, 0.2) is 35.6 Å². The number of hydrogen-bond donors (Lipinski definition) is 2. The highest BCUT2D eigenvalue weighted by Gasteiger charge is 2.03. The van der Waals surface area contributed by atoms with Crippen molar-refractivity contribution >= 4 is 34.3 Å². The minimum atomic E-state index is -0.290. The molecule has 1 aromatic carbocycles. The van der Waals surface area contributed by atoms with Gasteiger partial charge in [0.25, 0.3) is 0 Å². The summed E-state index contributed by atoms with van der Waals surface area (Å²) >= 11 is 4.60. The zero-order chi connectivity index (χ0) is 12.3. The van der Waals surface area contributed by atoms with Gasteiger partial charge in [0, 0.05) is 17.0 Å². The van der Waals surface area contributed by atoms with E-state index in [1.807, 2.05) is 0 Å². The van der Waals surface area contributed by atoms with Crippen LogP contribution in [0.1, 0.15) is 5.69 Å². The van der Waals surface area contributed by atoms with Crippen molar-refractivity contribution in [2.75, 3.05) is 0 Å². The van der Waals surface area contributed by atoms with Crippen molar-refractivity contribution in [2.45, 2.75) is 0 Å². The normalized spacial score (nSPS) is 10.9. The molecule has 0 amide bonds. The number of pyridine rings is 1. The minimum absolute atomic E-state index is 0.0627. The van der Waals surface area contributed by atoms with Gasteiger partial charge in [0.2, 0.25) is 0 Å². The molecular formula is C11H9FN4S. The van der Waals surface area contributed by atoms with Crippen LogP contribution in [0.2, 0.25) is 0 Å². The Hall–Kier alpha value is -2.08. The Morgan fingerprint density at radius 3 is 3.00 bits per heavy atom. The van der Waals surface area contributed by atoms with Crippen molar-refractivity contribution in [3.05, 3.63) is 42.0 Å². The number of aromatic nitrogens is 1. The first-order chi connectivity index (χ1) is 8.18. The van der Waals surface area contributed by atoms with Crippen molar-refractivity contribution < 1.29 is 4.39 Å². The number of nitrogens with two attached hydrogens (primary N) is 1. The number of nitrogens with zero attached hydrogens (tertiary/aromatic N) is 2. The summed E-state index contributed by atoms with van der Waals surface area (Å²) in [4.78, 5) is 4.10. The molecule has 1 heterocycles. The SMILES string of the molecule is NC(=S)N/N=C/c1nccc2c(F)cccc12. The molecule has 4 nitrogen and oxygen atoms in total. The molecule has 0 saturated carbocycles. The third-order valence-corrected chi connectivity index (χ3v) is 2.24. The molecule has 86 valence electrons. The Morgan fingerprint density at radius 2 is 2.24 bits per heavy atom. The van der Waals surface area contributed by atoms with Crippen molar-refractivity contribution in [1.82, 2.24) is 10.4 Å². The van der Waals surface area contributed by atoms with Gasteiger partial charge in [0.05, 0.1) is 11.9 Å². The molecule has 0 radical (unpaired) electrons. The van der Waals surface area contributed by atoms with Crippen molar-refractivity contribution in [2.24, 2.45) is 10.8 Å². The van der Waals surface area contributed by atoms with E-state index < -0.39 is 0 Å². The fourth-order valence-corrected chi connectivity index (χ4v) is 1.50. The summed E-state index contributed by atoms with van der Waals surface area (Å²) in [5, 5.41) is 5.04. The predicted molar refractivity (Wildman–Crippen MR) is 69.2 cm³/mol. The summed E-state index contributed by atoms with van der Waals surface area (Å²) < 4.78 is 13.5. The number of benzene rings is 1. The number of hydrazone groups is 1. The first-order valence-corrected chi connectivity index (χ1v) is 5.21. The van der Waals surface area contributed by atoms with Gasteiger partial charge in [-0.05, 0) is 24.4 Å². The van der Waals surface area contributed by atoms with E-state index in [0.29, 0.717) is 16.5 Å². The van der Waals surface area contributed by atoms with Gasteiger partial charge in [0.15, 0.2) is 5.11 Å². The molecule has 1 aromatic heterocycles. The Bertz CT molecular complexity index is 597. The molecule has 0 fully saturated rings. The average molecular weight is 248 g/mol. The van der Waals surface area contributed by atoms with E-state index in [1.165, 1.54) is 18.5 Å². The highest BCUT2D eigenvalue weighted by atomic mass is 32.1. The van der Waals surface area contributed by atoms with Gasteiger partial charge < -0.3 is 5.73 Å². The van der Waals surface area contributed by atoms with Gasteiger partial charge in [-0.15, -0.1) is 0 Å². The third kappa shape index (κ3) is 2.54. The maximum absolute atomic E-state index is 13.5. The van der Waals surface area contributed by atoms with Crippen LogP contribution < -0.4 is 11.2 Å². The van der Waals surface area contributed by atoms with E-state index in [1.54, 1.807) is 18.2 Å². The number of fused-ring (bicyclic) bond motifs is 1. The van der Waals surface area contributed by atoms with E-state index in [0.717, 1.165) is 0 Å². The fraction of sp³-hybridized carbons (Fsp3) is 0. The van der Waals surface area contributed by atoms with Crippen molar-refractivity contribution in [3.63, 3.8) is 0 Å². The second-order valence-electron chi connectivity index (χ2n) is 3.27. The second-order valence-corrected chi connectivity index (χ2v) is 3.71. The molecular weight excluding hydrogens is 239 g/mol. The summed E-state index contributed by atoms with van der Waals surface area (Å²) in [6.07, 6.45) is 2.97. The summed E-state index contributed by atoms with van der Waals surface area (Å²) in [6.45, 7) is 0. The molecule has 0 unspecified atom stereocenters. The fourth-order valence-electron chi connectivity index (χ4n) is 1.45. The molecule has 2 rings (SSSR count). The number of nitrogens with one attached hydrogen (secondary N) is 1. The van der Waals surface area contributed by atoms with Crippen LogP contribution in [0.3, 0.4) is 0 Å². The van der Waals surface area contributed by atoms with Gasteiger partial charge >= 0.3 is 0 Å². The molecule has 0 aliphatic heterocycles. The lowest BCUT2D eigenvalue weighted by Gasteiger charge is -2.01. The van der Waals surface area contributed by atoms with Crippen LogP contribution in [0.25, 0.3) is 10.8 Å². The molecule has 0 spiro atoms. The zero-order valence-corrected chi connectivity index (χ0v) is 9.54. The van der Waals surface area contributed by atoms with Crippen LogP contribution in [0, 0.1) is 5.82 Å². The first kappa shape index (κ1) is 11.4. The van der Waals surface area contributed by atoms with Gasteiger partial charge in [-0.2, -0.15) is 5.10 Å². The molecule has 17 heavy (non-hydrogen) atoms. The molecule has 0 aliphatic rings. The van der Waals surface area contributed by atoms with E-state index in [9.17, 15) is 4.39 Å². The minimum Gasteiger partial charge on any atom is -0.375 e. The van der Waals surface area contributed by atoms with Crippen LogP contribution in [-0.4, -0.2) is 16.3 Å². The van der Waals surface area contributed by atoms with Gasteiger partial charge in [-0.3, -0.25) is 10.4 Å². The first-order valence-electron chi connectivity index (χ1n) is 4.80. The Kier molecular flexibility index (Phi) is 3.24. The maximum atomic E-state index is 13.5. The van der Waals surface area contributed by atoms with E-state index in [-0.39, 0.29) is 10.9 Å². The van der Waals surface area contributed by atoms with Gasteiger partial charge in [-0.1, -0.05) is 12.1 Å². The smallest absolute Gasteiger partial charge is 0.184 e. The highest BCUT2D eigenvalue weighted by Crippen LogP contribution is 2.18.